The summed E-state index contributed by atoms with van der Waals surface area (Å²) in [5.41, 5.74) is 8.21. The van der Waals surface area contributed by atoms with Gasteiger partial charge in [0.1, 0.15) is 24.7 Å². The summed E-state index contributed by atoms with van der Waals surface area (Å²) < 4.78 is 10.4. The molecule has 2 amide bonds. The van der Waals surface area contributed by atoms with E-state index in [-0.39, 0.29) is 13.2 Å². The van der Waals surface area contributed by atoms with E-state index in [1.165, 1.54) is 0 Å². The number of hydrazine groups is 1. The molecular formula is C19H17N3O5. The first-order valence-electron chi connectivity index (χ1n) is 8.10. The van der Waals surface area contributed by atoms with Crippen LogP contribution in [-0.2, 0) is 9.53 Å². The van der Waals surface area contributed by atoms with E-state index in [0.717, 1.165) is 22.3 Å². The second-order valence-electron chi connectivity index (χ2n) is 5.47. The predicted octanol–water partition coefficient (Wildman–Crippen LogP) is 2.22. The van der Waals surface area contributed by atoms with Crippen molar-refractivity contribution in [3.63, 3.8) is 0 Å². The molecule has 0 saturated carbocycles. The third-order valence-corrected chi connectivity index (χ3v) is 3.88. The van der Waals surface area contributed by atoms with Crippen molar-refractivity contribution in [3.8, 4) is 16.9 Å². The van der Waals surface area contributed by atoms with Crippen molar-refractivity contribution in [2.75, 3.05) is 13.2 Å². The number of fused-ring (bicyclic) bond motifs is 3. The molecule has 8 nitrogen and oxygen atoms in total. The summed E-state index contributed by atoms with van der Waals surface area (Å²) in [7, 11) is 0. The van der Waals surface area contributed by atoms with Gasteiger partial charge in [-0.25, -0.2) is 10.2 Å². The molecule has 3 rings (SSSR count). The highest BCUT2D eigenvalue weighted by Gasteiger charge is 2.25. The lowest BCUT2D eigenvalue weighted by molar-refractivity contribution is -0.110. The van der Waals surface area contributed by atoms with Crippen LogP contribution in [0.5, 0.6) is 5.75 Å². The molecule has 0 unspecified atom stereocenters. The molecule has 0 aliphatic heterocycles. The van der Waals surface area contributed by atoms with Crippen LogP contribution in [-0.4, -0.2) is 36.6 Å². The molecule has 0 bridgehead atoms. The summed E-state index contributed by atoms with van der Waals surface area (Å²) in [5.74, 6) is 0.626. The van der Waals surface area contributed by atoms with Crippen LogP contribution < -0.4 is 15.6 Å². The van der Waals surface area contributed by atoms with Gasteiger partial charge in [-0.2, -0.15) is 0 Å². The van der Waals surface area contributed by atoms with E-state index in [9.17, 15) is 14.8 Å². The second kappa shape index (κ2) is 8.52. The molecule has 0 atom stereocenters. The zero-order valence-corrected chi connectivity index (χ0v) is 14.2. The standard InChI is InChI=1S/C19H17N3O5/c23-12-20-21-19(24)27-10-4-3-9-26-13-7-8-15-14-5-1-2-6-16(14)18(22-25)17(15)11-13/h1-8,11-12,25H,9-10H2,(H,20,23)(H,21,24)/b4-3+,22-18+. The summed E-state index contributed by atoms with van der Waals surface area (Å²) in [6, 6.07) is 13.3. The fraction of sp³-hybridized carbons (Fsp3) is 0.105. The maximum Gasteiger partial charge on any atom is 0.426 e. The normalized spacial score (nSPS) is 13.1. The fourth-order valence-corrected chi connectivity index (χ4v) is 2.75. The van der Waals surface area contributed by atoms with Gasteiger partial charge in [0.25, 0.3) is 0 Å². The maximum atomic E-state index is 11.1. The van der Waals surface area contributed by atoms with Crippen molar-refractivity contribution >= 4 is 18.2 Å². The van der Waals surface area contributed by atoms with Crippen LogP contribution in [0.4, 0.5) is 4.79 Å². The lowest BCUT2D eigenvalue weighted by Gasteiger charge is -2.06. The van der Waals surface area contributed by atoms with Crippen LogP contribution >= 0.6 is 0 Å². The SMILES string of the molecule is O=CNNC(=O)OC/C=C/COc1ccc2c(c1)/C(=N/O)c1ccccc1-2. The third kappa shape index (κ3) is 4.06. The molecule has 2 aromatic rings. The smallest absolute Gasteiger partial charge is 0.426 e. The van der Waals surface area contributed by atoms with Gasteiger partial charge in [0.15, 0.2) is 0 Å². The van der Waals surface area contributed by atoms with Crippen molar-refractivity contribution in [2.24, 2.45) is 5.16 Å². The van der Waals surface area contributed by atoms with Crippen LogP contribution in [0.3, 0.4) is 0 Å². The lowest BCUT2D eigenvalue weighted by atomic mass is 10.1. The summed E-state index contributed by atoms with van der Waals surface area (Å²) in [5, 5.41) is 12.8. The number of nitrogens with one attached hydrogen (secondary N) is 2. The van der Waals surface area contributed by atoms with Gasteiger partial charge in [-0.05, 0) is 41.5 Å². The molecule has 27 heavy (non-hydrogen) atoms. The molecule has 2 aromatic carbocycles. The molecule has 8 heteroatoms. The Bertz CT molecular complexity index is 908. The Morgan fingerprint density at radius 2 is 1.78 bits per heavy atom. The minimum Gasteiger partial charge on any atom is -0.490 e. The number of oxime groups is 1. The molecule has 0 aromatic heterocycles. The van der Waals surface area contributed by atoms with Crippen LogP contribution in [0.1, 0.15) is 11.1 Å². The number of nitrogens with zero attached hydrogens (tertiary/aromatic N) is 1. The van der Waals surface area contributed by atoms with Gasteiger partial charge in [0.2, 0.25) is 6.41 Å². The minimum absolute atomic E-state index is 0.0382. The van der Waals surface area contributed by atoms with E-state index in [4.69, 9.17) is 9.47 Å². The first-order valence-corrected chi connectivity index (χ1v) is 8.10. The highest BCUT2D eigenvalue weighted by molar-refractivity contribution is 6.24. The van der Waals surface area contributed by atoms with Crippen molar-refractivity contribution in [1.82, 2.24) is 10.9 Å². The molecule has 0 radical (unpaired) electrons. The Morgan fingerprint density at radius 1 is 1.04 bits per heavy atom. The summed E-state index contributed by atoms with van der Waals surface area (Å²) in [6.45, 7) is 0.311. The van der Waals surface area contributed by atoms with Crippen LogP contribution in [0.15, 0.2) is 59.8 Å². The van der Waals surface area contributed by atoms with Gasteiger partial charge in [0.05, 0.1) is 0 Å². The summed E-state index contributed by atoms with van der Waals surface area (Å²) in [6.07, 6.45) is 2.88. The molecule has 0 fully saturated rings. The Hall–Kier alpha value is -3.81. The van der Waals surface area contributed by atoms with E-state index in [0.29, 0.717) is 17.9 Å². The van der Waals surface area contributed by atoms with Crippen LogP contribution in [0, 0.1) is 0 Å². The quantitative estimate of drug-likeness (QED) is 0.257. The predicted molar refractivity (Wildman–Crippen MR) is 97.6 cm³/mol. The van der Waals surface area contributed by atoms with Gasteiger partial charge >= 0.3 is 6.09 Å². The van der Waals surface area contributed by atoms with E-state index in [1.54, 1.807) is 12.2 Å². The topological polar surface area (TPSA) is 109 Å². The van der Waals surface area contributed by atoms with Gasteiger partial charge in [0, 0.05) is 11.1 Å². The van der Waals surface area contributed by atoms with E-state index in [2.05, 4.69) is 5.16 Å². The van der Waals surface area contributed by atoms with Gasteiger partial charge in [-0.3, -0.25) is 10.2 Å². The average molecular weight is 367 g/mol. The van der Waals surface area contributed by atoms with E-state index in [1.807, 2.05) is 53.3 Å². The molecule has 138 valence electrons. The number of rotatable bonds is 7. The highest BCUT2D eigenvalue weighted by Crippen LogP contribution is 2.38. The number of ether oxygens (including phenoxy) is 2. The summed E-state index contributed by atoms with van der Waals surface area (Å²) in [4.78, 5) is 21.1. The molecule has 1 aliphatic rings. The Kier molecular flexibility index (Phi) is 5.68. The first kappa shape index (κ1) is 18.0. The molecule has 0 heterocycles. The number of hydrogen-bond donors (Lipinski definition) is 3. The third-order valence-electron chi connectivity index (χ3n) is 3.88. The highest BCUT2D eigenvalue weighted by atomic mass is 16.6. The zero-order valence-electron chi connectivity index (χ0n) is 14.2. The van der Waals surface area contributed by atoms with E-state index < -0.39 is 6.09 Å². The number of carbonyl (C=O) groups excluding carboxylic acids is 2. The number of amides is 2. The largest absolute Gasteiger partial charge is 0.490 e. The molecule has 0 spiro atoms. The van der Waals surface area contributed by atoms with Crippen LogP contribution in [0.2, 0.25) is 0 Å². The first-order chi connectivity index (χ1) is 13.2. The molecular weight excluding hydrogens is 350 g/mol. The molecule has 0 saturated heterocycles. The number of carbonyl (C=O) groups is 2. The Labute approximate surface area is 155 Å². The Morgan fingerprint density at radius 3 is 2.56 bits per heavy atom. The summed E-state index contributed by atoms with van der Waals surface area (Å²) >= 11 is 0. The van der Waals surface area contributed by atoms with Crippen molar-refractivity contribution in [2.45, 2.75) is 0 Å². The number of benzene rings is 2. The molecule has 3 N–H and O–H groups in total. The fourth-order valence-electron chi connectivity index (χ4n) is 2.75. The van der Waals surface area contributed by atoms with Crippen molar-refractivity contribution < 1.29 is 24.3 Å². The van der Waals surface area contributed by atoms with Crippen molar-refractivity contribution in [3.05, 3.63) is 65.7 Å². The monoisotopic (exact) mass is 367 g/mol. The lowest BCUT2D eigenvalue weighted by Crippen LogP contribution is -2.36. The van der Waals surface area contributed by atoms with Crippen LogP contribution in [0.25, 0.3) is 11.1 Å². The Balaban J connectivity index is 1.56. The van der Waals surface area contributed by atoms with Gasteiger partial charge in [-0.1, -0.05) is 29.4 Å². The molecule has 1 aliphatic carbocycles. The van der Waals surface area contributed by atoms with Crippen molar-refractivity contribution in [1.29, 1.82) is 0 Å². The number of hydrogen-bond acceptors (Lipinski definition) is 6. The average Bonchev–Trinajstić information content (AvgIpc) is 3.01. The van der Waals surface area contributed by atoms with Gasteiger partial charge in [-0.15, -0.1) is 0 Å². The maximum absolute atomic E-state index is 11.1. The van der Waals surface area contributed by atoms with E-state index >= 15 is 0 Å². The second-order valence-corrected chi connectivity index (χ2v) is 5.47. The minimum atomic E-state index is -0.762. The van der Waals surface area contributed by atoms with Gasteiger partial charge < -0.3 is 14.7 Å². The zero-order chi connectivity index (χ0) is 19.1.